The zero-order valence-corrected chi connectivity index (χ0v) is 14.4. The van der Waals surface area contributed by atoms with Crippen LogP contribution in [-0.2, 0) is 14.3 Å². The highest BCUT2D eigenvalue weighted by Crippen LogP contribution is 2.18. The molecule has 7 heteroatoms. The topological polar surface area (TPSA) is 108 Å². The lowest BCUT2D eigenvalue weighted by atomic mass is 10.0. The normalized spacial score (nSPS) is 11.9. The van der Waals surface area contributed by atoms with Crippen molar-refractivity contribution in [3.05, 3.63) is 29.8 Å². The second-order valence-corrected chi connectivity index (χ2v) is 6.02. The van der Waals surface area contributed by atoms with E-state index in [0.717, 1.165) is 5.56 Å². The standard InChI is InChI=1S/C17H24N2O5/c1-10(2)12-5-7-13(8-6-12)23-9-14(20)24-15(11(3)4)16(21)19-17(18)22/h5-8,10-11,15H,9H2,1-4H3,(H3,18,19,21,22)/t15-/m1/s1. The number of rotatable bonds is 7. The SMILES string of the molecule is CC(C)c1ccc(OCC(=O)O[C@@H](C(=O)NC(N)=O)C(C)C)cc1. The minimum Gasteiger partial charge on any atom is -0.482 e. The van der Waals surface area contributed by atoms with Gasteiger partial charge in [0.05, 0.1) is 0 Å². The van der Waals surface area contributed by atoms with E-state index in [2.05, 4.69) is 13.8 Å². The monoisotopic (exact) mass is 336 g/mol. The van der Waals surface area contributed by atoms with Crippen molar-refractivity contribution in [1.29, 1.82) is 0 Å². The summed E-state index contributed by atoms with van der Waals surface area (Å²) in [5, 5.41) is 1.90. The van der Waals surface area contributed by atoms with Gasteiger partial charge in [-0.05, 0) is 29.5 Å². The molecule has 0 unspecified atom stereocenters. The fourth-order valence-corrected chi connectivity index (χ4v) is 1.95. The molecular weight excluding hydrogens is 312 g/mol. The molecule has 1 aromatic rings. The van der Waals surface area contributed by atoms with E-state index < -0.39 is 24.0 Å². The lowest BCUT2D eigenvalue weighted by molar-refractivity contribution is -0.160. The van der Waals surface area contributed by atoms with E-state index in [-0.39, 0.29) is 12.5 Å². The Balaban J connectivity index is 2.56. The minimum absolute atomic E-state index is 0.321. The number of benzene rings is 1. The molecule has 0 radical (unpaired) electrons. The first-order valence-corrected chi connectivity index (χ1v) is 7.73. The average Bonchev–Trinajstić information content (AvgIpc) is 2.49. The lowest BCUT2D eigenvalue weighted by Gasteiger charge is -2.19. The summed E-state index contributed by atoms with van der Waals surface area (Å²) in [6.07, 6.45) is -1.11. The highest BCUT2D eigenvalue weighted by Gasteiger charge is 2.27. The van der Waals surface area contributed by atoms with Gasteiger partial charge in [0.25, 0.3) is 5.91 Å². The number of carbonyl (C=O) groups is 3. The number of amides is 3. The second-order valence-electron chi connectivity index (χ2n) is 6.02. The molecule has 1 rings (SSSR count). The van der Waals surface area contributed by atoms with E-state index in [9.17, 15) is 14.4 Å². The first-order chi connectivity index (χ1) is 11.2. The molecule has 0 aliphatic heterocycles. The largest absolute Gasteiger partial charge is 0.482 e. The Labute approximate surface area is 141 Å². The Bertz CT molecular complexity index is 581. The van der Waals surface area contributed by atoms with Gasteiger partial charge in [-0.15, -0.1) is 0 Å². The maximum Gasteiger partial charge on any atom is 0.344 e. The first kappa shape index (κ1) is 19.5. The van der Waals surface area contributed by atoms with Crippen LogP contribution in [0.5, 0.6) is 5.75 Å². The molecule has 24 heavy (non-hydrogen) atoms. The molecule has 7 nitrogen and oxygen atoms in total. The van der Waals surface area contributed by atoms with Crippen molar-refractivity contribution in [1.82, 2.24) is 5.32 Å². The molecule has 0 fully saturated rings. The first-order valence-electron chi connectivity index (χ1n) is 7.73. The van der Waals surface area contributed by atoms with Crippen LogP contribution < -0.4 is 15.8 Å². The number of carbonyl (C=O) groups excluding carboxylic acids is 3. The maximum absolute atomic E-state index is 11.9. The molecule has 1 atom stereocenters. The van der Waals surface area contributed by atoms with Gasteiger partial charge >= 0.3 is 12.0 Å². The number of esters is 1. The summed E-state index contributed by atoms with van der Waals surface area (Å²) < 4.78 is 10.4. The third-order valence-corrected chi connectivity index (χ3v) is 3.27. The van der Waals surface area contributed by atoms with Crippen molar-refractivity contribution in [2.24, 2.45) is 11.7 Å². The van der Waals surface area contributed by atoms with Crippen LogP contribution in [0.3, 0.4) is 0 Å². The third-order valence-electron chi connectivity index (χ3n) is 3.27. The summed E-state index contributed by atoms with van der Waals surface area (Å²) in [5.74, 6) is -0.856. The van der Waals surface area contributed by atoms with Gasteiger partial charge in [-0.1, -0.05) is 39.8 Å². The van der Waals surface area contributed by atoms with Crippen molar-refractivity contribution >= 4 is 17.9 Å². The Hall–Kier alpha value is -2.57. The van der Waals surface area contributed by atoms with E-state index >= 15 is 0 Å². The molecule has 0 aliphatic carbocycles. The molecule has 3 N–H and O–H groups in total. The minimum atomic E-state index is -1.11. The summed E-state index contributed by atoms with van der Waals surface area (Å²) in [6, 6.07) is 6.37. The van der Waals surface area contributed by atoms with Gasteiger partial charge in [0.1, 0.15) is 5.75 Å². The van der Waals surface area contributed by atoms with Crippen LogP contribution in [0.4, 0.5) is 4.79 Å². The Kier molecular flexibility index (Phi) is 7.23. The molecule has 132 valence electrons. The summed E-state index contributed by atoms with van der Waals surface area (Å²) >= 11 is 0. The van der Waals surface area contributed by atoms with Gasteiger partial charge in [-0.25, -0.2) is 9.59 Å². The van der Waals surface area contributed by atoms with E-state index in [1.165, 1.54) is 0 Å². The summed E-state index contributed by atoms with van der Waals surface area (Å²) in [7, 11) is 0. The number of urea groups is 1. The predicted molar refractivity (Wildman–Crippen MR) is 88.5 cm³/mol. The van der Waals surface area contributed by atoms with Crippen LogP contribution in [0.25, 0.3) is 0 Å². The van der Waals surface area contributed by atoms with Crippen molar-refractivity contribution in [3.63, 3.8) is 0 Å². The van der Waals surface area contributed by atoms with Gasteiger partial charge in [-0.3, -0.25) is 10.1 Å². The number of primary amides is 1. The number of nitrogens with two attached hydrogens (primary N) is 1. The quantitative estimate of drug-likeness (QED) is 0.740. The maximum atomic E-state index is 11.9. The van der Waals surface area contributed by atoms with Crippen molar-refractivity contribution in [3.8, 4) is 5.75 Å². The lowest BCUT2D eigenvalue weighted by Crippen LogP contribution is -2.46. The van der Waals surface area contributed by atoms with Crippen LogP contribution in [-0.4, -0.2) is 30.6 Å². The molecule has 0 bridgehead atoms. The van der Waals surface area contributed by atoms with Crippen LogP contribution in [0.2, 0.25) is 0 Å². The van der Waals surface area contributed by atoms with Gasteiger partial charge in [-0.2, -0.15) is 0 Å². The van der Waals surface area contributed by atoms with Crippen LogP contribution in [0, 0.1) is 5.92 Å². The summed E-state index contributed by atoms with van der Waals surface area (Å²) in [5.41, 5.74) is 6.05. The van der Waals surface area contributed by atoms with Crippen molar-refractivity contribution < 1.29 is 23.9 Å². The molecule has 0 saturated heterocycles. The number of nitrogens with one attached hydrogen (secondary N) is 1. The van der Waals surface area contributed by atoms with Crippen LogP contribution in [0.15, 0.2) is 24.3 Å². The van der Waals surface area contributed by atoms with Gasteiger partial charge < -0.3 is 15.2 Å². The molecular formula is C17H24N2O5. The molecule has 1 aromatic carbocycles. The number of imide groups is 1. The van der Waals surface area contributed by atoms with E-state index in [1.54, 1.807) is 26.0 Å². The third kappa shape index (κ3) is 6.28. The van der Waals surface area contributed by atoms with E-state index in [1.807, 2.05) is 17.4 Å². The predicted octanol–water partition coefficient (Wildman–Crippen LogP) is 1.95. The zero-order valence-electron chi connectivity index (χ0n) is 14.4. The van der Waals surface area contributed by atoms with E-state index in [4.69, 9.17) is 15.2 Å². The van der Waals surface area contributed by atoms with E-state index in [0.29, 0.717) is 11.7 Å². The molecule has 0 saturated carbocycles. The van der Waals surface area contributed by atoms with Crippen molar-refractivity contribution in [2.45, 2.75) is 39.7 Å². The second kappa shape index (κ2) is 8.90. The average molecular weight is 336 g/mol. The Morgan fingerprint density at radius 1 is 1.08 bits per heavy atom. The number of hydrogen-bond acceptors (Lipinski definition) is 5. The smallest absolute Gasteiger partial charge is 0.344 e. The molecule has 0 heterocycles. The number of hydrogen-bond donors (Lipinski definition) is 2. The fourth-order valence-electron chi connectivity index (χ4n) is 1.95. The highest BCUT2D eigenvalue weighted by atomic mass is 16.6. The van der Waals surface area contributed by atoms with Gasteiger partial charge in [0, 0.05) is 0 Å². The molecule has 0 aliphatic rings. The zero-order chi connectivity index (χ0) is 18.3. The summed E-state index contributed by atoms with van der Waals surface area (Å²) in [6.45, 7) is 7.19. The highest BCUT2D eigenvalue weighted by molar-refractivity contribution is 5.96. The fraction of sp³-hybridized carbons (Fsp3) is 0.471. The van der Waals surface area contributed by atoms with Crippen LogP contribution >= 0.6 is 0 Å². The molecule has 0 aromatic heterocycles. The summed E-state index contributed by atoms with van der Waals surface area (Å²) in [4.78, 5) is 34.4. The molecule has 0 spiro atoms. The van der Waals surface area contributed by atoms with Crippen LogP contribution in [0.1, 0.15) is 39.2 Å². The molecule has 3 amide bonds. The Morgan fingerprint density at radius 2 is 1.67 bits per heavy atom. The van der Waals surface area contributed by atoms with Crippen molar-refractivity contribution in [2.75, 3.05) is 6.61 Å². The van der Waals surface area contributed by atoms with Gasteiger partial charge in [0.2, 0.25) is 0 Å². The van der Waals surface area contributed by atoms with Gasteiger partial charge in [0.15, 0.2) is 12.7 Å². The Morgan fingerprint density at radius 3 is 2.12 bits per heavy atom. The number of ether oxygens (including phenoxy) is 2.